The van der Waals surface area contributed by atoms with Crippen molar-refractivity contribution in [2.24, 2.45) is 5.73 Å². The number of alkyl halides is 5. The number of aryl methyl sites for hydroxylation is 1. The Bertz CT molecular complexity index is 1230. The smallest absolute Gasteiger partial charge is 0.365 e. The van der Waals surface area contributed by atoms with E-state index in [1.807, 2.05) is 0 Å². The maximum absolute atomic E-state index is 13.3. The lowest BCUT2D eigenvalue weighted by atomic mass is 10.0. The summed E-state index contributed by atoms with van der Waals surface area (Å²) >= 11 is 0.747. The number of hydrogen-bond donors (Lipinski definition) is 2. The first-order valence-corrected chi connectivity index (χ1v) is 10.2. The molecule has 170 valence electrons. The van der Waals surface area contributed by atoms with Crippen LogP contribution in [-0.2, 0) is 17.5 Å². The van der Waals surface area contributed by atoms with Crippen molar-refractivity contribution >= 4 is 39.1 Å². The summed E-state index contributed by atoms with van der Waals surface area (Å²) in [5.41, 5.74) is 4.38. The Balaban J connectivity index is 1.75. The number of carbonyl (C=O) groups is 2. The Morgan fingerprint density at radius 3 is 2.56 bits per heavy atom. The van der Waals surface area contributed by atoms with E-state index in [0.29, 0.717) is 15.6 Å². The van der Waals surface area contributed by atoms with Crippen LogP contribution in [0.4, 0.5) is 27.6 Å². The van der Waals surface area contributed by atoms with Gasteiger partial charge in [-0.1, -0.05) is 0 Å². The molecule has 4 rings (SSSR count). The first-order chi connectivity index (χ1) is 15.0. The third kappa shape index (κ3) is 4.16. The molecule has 1 saturated carbocycles. The molecular formula is C19H16F5N5O2S. The lowest BCUT2D eigenvalue weighted by molar-refractivity contribution is -0.144. The molecule has 7 nitrogen and oxygen atoms in total. The molecule has 0 saturated heterocycles. The minimum atomic E-state index is -4.72. The van der Waals surface area contributed by atoms with Crippen LogP contribution in [0.5, 0.6) is 0 Å². The van der Waals surface area contributed by atoms with Gasteiger partial charge >= 0.3 is 6.18 Å². The number of amides is 2. The highest BCUT2D eigenvalue weighted by Crippen LogP contribution is 2.48. The number of nitrogens with one attached hydrogen (secondary N) is 1. The van der Waals surface area contributed by atoms with Gasteiger partial charge in [0.25, 0.3) is 12.3 Å². The summed E-state index contributed by atoms with van der Waals surface area (Å²) in [5.74, 6) is -1.86. The van der Waals surface area contributed by atoms with E-state index in [1.165, 1.54) is 13.0 Å². The van der Waals surface area contributed by atoms with Crippen LogP contribution in [0, 0.1) is 6.92 Å². The quantitative estimate of drug-likeness (QED) is 0.519. The van der Waals surface area contributed by atoms with Gasteiger partial charge in [0.15, 0.2) is 0 Å². The molecule has 0 atom stereocenters. The van der Waals surface area contributed by atoms with E-state index in [-0.39, 0.29) is 27.0 Å². The molecule has 0 unspecified atom stereocenters. The van der Waals surface area contributed by atoms with E-state index >= 15 is 0 Å². The zero-order chi connectivity index (χ0) is 23.4. The molecule has 1 aliphatic carbocycles. The van der Waals surface area contributed by atoms with Gasteiger partial charge in [-0.25, -0.2) is 13.8 Å². The summed E-state index contributed by atoms with van der Waals surface area (Å²) in [7, 11) is 0. The summed E-state index contributed by atoms with van der Waals surface area (Å²) < 4.78 is 66.7. The van der Waals surface area contributed by atoms with Crippen LogP contribution >= 0.6 is 11.3 Å². The number of anilines is 1. The monoisotopic (exact) mass is 473 g/mol. The van der Waals surface area contributed by atoms with E-state index in [1.54, 1.807) is 0 Å². The lowest BCUT2D eigenvalue weighted by Gasteiger charge is -2.12. The van der Waals surface area contributed by atoms with Crippen molar-refractivity contribution in [3.63, 3.8) is 0 Å². The maximum Gasteiger partial charge on any atom is 0.433 e. The number of nitrogens with two attached hydrogens (primary N) is 1. The van der Waals surface area contributed by atoms with Gasteiger partial charge in [0.1, 0.15) is 27.6 Å². The molecule has 0 aromatic carbocycles. The lowest BCUT2D eigenvalue weighted by Crippen LogP contribution is -2.24. The van der Waals surface area contributed by atoms with Crippen molar-refractivity contribution in [1.82, 2.24) is 14.8 Å². The Hall–Kier alpha value is -3.09. The second kappa shape index (κ2) is 7.80. The Labute approximate surface area is 181 Å². The molecular weight excluding hydrogens is 457 g/mol. The minimum absolute atomic E-state index is 0.0323. The zero-order valence-corrected chi connectivity index (χ0v) is 17.3. The van der Waals surface area contributed by atoms with E-state index in [4.69, 9.17) is 5.73 Å². The number of hydrogen-bond acceptors (Lipinski definition) is 5. The zero-order valence-electron chi connectivity index (χ0n) is 16.5. The van der Waals surface area contributed by atoms with Gasteiger partial charge in [-0.3, -0.25) is 14.3 Å². The number of rotatable bonds is 6. The highest BCUT2D eigenvalue weighted by Gasteiger charge is 2.36. The normalized spacial score (nSPS) is 14.3. The second-order valence-electron chi connectivity index (χ2n) is 7.44. The van der Waals surface area contributed by atoms with Crippen molar-refractivity contribution in [3.05, 3.63) is 39.7 Å². The fourth-order valence-corrected chi connectivity index (χ4v) is 4.50. The van der Waals surface area contributed by atoms with Crippen LogP contribution in [0.15, 0.2) is 12.1 Å². The van der Waals surface area contributed by atoms with Crippen molar-refractivity contribution in [2.75, 3.05) is 5.32 Å². The molecule has 32 heavy (non-hydrogen) atoms. The van der Waals surface area contributed by atoms with Crippen molar-refractivity contribution in [2.45, 2.75) is 44.8 Å². The van der Waals surface area contributed by atoms with Gasteiger partial charge in [0, 0.05) is 5.39 Å². The first-order valence-electron chi connectivity index (χ1n) is 9.42. The Morgan fingerprint density at radius 2 is 2.00 bits per heavy atom. The summed E-state index contributed by atoms with van der Waals surface area (Å²) in [6, 6.07) is 2.04. The molecule has 3 heterocycles. The topological polar surface area (TPSA) is 103 Å². The summed E-state index contributed by atoms with van der Waals surface area (Å²) in [4.78, 5) is 28.5. The van der Waals surface area contributed by atoms with Gasteiger partial charge in [0.05, 0.1) is 11.4 Å². The van der Waals surface area contributed by atoms with E-state index in [9.17, 15) is 31.5 Å². The van der Waals surface area contributed by atoms with Crippen LogP contribution in [0.25, 0.3) is 10.2 Å². The molecule has 1 aliphatic rings. The molecule has 13 heteroatoms. The molecule has 0 bridgehead atoms. The van der Waals surface area contributed by atoms with E-state index in [0.717, 1.165) is 30.2 Å². The van der Waals surface area contributed by atoms with Crippen LogP contribution in [0.2, 0.25) is 0 Å². The van der Waals surface area contributed by atoms with Gasteiger partial charge in [-0.2, -0.15) is 18.3 Å². The van der Waals surface area contributed by atoms with Crippen LogP contribution < -0.4 is 11.1 Å². The van der Waals surface area contributed by atoms with Crippen LogP contribution in [-0.4, -0.2) is 26.6 Å². The average Bonchev–Trinajstić information content (AvgIpc) is 3.36. The second-order valence-corrected chi connectivity index (χ2v) is 8.44. The number of carbonyl (C=O) groups excluding carboxylic acids is 2. The van der Waals surface area contributed by atoms with E-state index in [2.05, 4.69) is 15.4 Å². The molecule has 0 radical (unpaired) electrons. The molecule has 3 aromatic heterocycles. The molecule has 1 fully saturated rings. The largest absolute Gasteiger partial charge is 0.433 e. The number of fused-ring (bicyclic) bond motifs is 1. The predicted octanol–water partition coefficient (Wildman–Crippen LogP) is 4.37. The molecule has 3 N–H and O–H groups in total. The SMILES string of the molecule is Cc1cc(C(F)(F)F)n(CC(=O)Nc2c(C(N)=O)sc3nc(C(F)F)cc(C4CC4)c23)n1. The molecule has 3 aromatic rings. The molecule has 0 spiro atoms. The Kier molecular flexibility index (Phi) is 5.39. The van der Waals surface area contributed by atoms with Crippen molar-refractivity contribution in [1.29, 1.82) is 0 Å². The highest BCUT2D eigenvalue weighted by atomic mass is 32.1. The maximum atomic E-state index is 13.3. The summed E-state index contributed by atoms with van der Waals surface area (Å²) in [5, 5.41) is 6.44. The number of aromatic nitrogens is 3. The third-order valence-electron chi connectivity index (χ3n) is 4.93. The van der Waals surface area contributed by atoms with Crippen LogP contribution in [0.1, 0.15) is 57.5 Å². The number of halogens is 5. The van der Waals surface area contributed by atoms with Gasteiger partial charge in [0.2, 0.25) is 5.91 Å². The third-order valence-corrected chi connectivity index (χ3v) is 6.03. The number of primary amides is 1. The average molecular weight is 473 g/mol. The predicted molar refractivity (Wildman–Crippen MR) is 106 cm³/mol. The van der Waals surface area contributed by atoms with Crippen LogP contribution in [0.3, 0.4) is 0 Å². The number of pyridine rings is 1. The van der Waals surface area contributed by atoms with Gasteiger partial charge in [-0.05, 0) is 43.4 Å². The van der Waals surface area contributed by atoms with E-state index < -0.39 is 42.3 Å². The fraction of sp³-hybridized carbons (Fsp3) is 0.368. The number of nitrogens with zero attached hydrogens (tertiary/aromatic N) is 3. The molecule has 0 aliphatic heterocycles. The summed E-state index contributed by atoms with van der Waals surface area (Å²) in [6.45, 7) is 0.578. The van der Waals surface area contributed by atoms with Crippen molar-refractivity contribution < 1.29 is 31.5 Å². The molecule has 2 amide bonds. The fourth-order valence-electron chi connectivity index (χ4n) is 3.48. The number of thiophene rings is 1. The van der Waals surface area contributed by atoms with Crippen molar-refractivity contribution in [3.8, 4) is 0 Å². The summed E-state index contributed by atoms with van der Waals surface area (Å²) in [6.07, 6.45) is -6.08. The minimum Gasteiger partial charge on any atom is -0.365 e. The Morgan fingerprint density at radius 1 is 1.31 bits per heavy atom. The highest BCUT2D eigenvalue weighted by molar-refractivity contribution is 7.21. The van der Waals surface area contributed by atoms with Gasteiger partial charge < -0.3 is 11.1 Å². The first kappa shape index (κ1) is 22.1. The van der Waals surface area contributed by atoms with Gasteiger partial charge in [-0.15, -0.1) is 11.3 Å². The standard InChI is InChI=1S/C19H16F5N5O2S/c1-7-4-11(19(22,23)24)29(28-7)6-12(30)27-14-13-9(8-2-3-8)5-10(16(20)21)26-18(13)32-15(14)17(25)31/h4-5,8,16H,2-3,6H2,1H3,(H2,25,31)(H,27,30).